The Balaban J connectivity index is 2.07. The monoisotopic (exact) mass is 381 g/mol. The van der Waals surface area contributed by atoms with Crippen LogP contribution in [0.2, 0.25) is 0 Å². The van der Waals surface area contributed by atoms with Gasteiger partial charge in [-0.2, -0.15) is 5.10 Å². The third kappa shape index (κ3) is 5.63. The molecule has 0 aliphatic heterocycles. The van der Waals surface area contributed by atoms with Crippen LogP contribution >= 0.6 is 15.9 Å². The van der Waals surface area contributed by atoms with Gasteiger partial charge in [0.25, 0.3) is 0 Å². The van der Waals surface area contributed by atoms with Gasteiger partial charge >= 0.3 is 6.09 Å². The van der Waals surface area contributed by atoms with Crippen LogP contribution in [0, 0.1) is 0 Å². The van der Waals surface area contributed by atoms with Crippen LogP contribution in [-0.4, -0.2) is 38.0 Å². The molecule has 0 saturated heterocycles. The summed E-state index contributed by atoms with van der Waals surface area (Å²) in [5, 5.41) is 4.15. The van der Waals surface area contributed by atoms with Crippen molar-refractivity contribution >= 4 is 27.8 Å². The highest BCUT2D eigenvalue weighted by Crippen LogP contribution is 2.17. The second kappa shape index (κ2) is 7.54. The van der Waals surface area contributed by atoms with Crippen molar-refractivity contribution in [3.63, 3.8) is 0 Å². The maximum absolute atomic E-state index is 12.4. The van der Waals surface area contributed by atoms with Gasteiger partial charge in [-0.1, -0.05) is 0 Å². The summed E-state index contributed by atoms with van der Waals surface area (Å²) in [6.07, 6.45) is 7.00. The normalized spacial score (nSPS) is 11.3. The van der Waals surface area contributed by atoms with Crippen LogP contribution in [0.25, 0.3) is 0 Å². The van der Waals surface area contributed by atoms with Crippen LogP contribution < -0.4 is 4.90 Å². The van der Waals surface area contributed by atoms with Gasteiger partial charge in [-0.05, 0) is 49.2 Å². The number of rotatable bonds is 5. The van der Waals surface area contributed by atoms with Crippen molar-refractivity contribution in [1.29, 1.82) is 0 Å². The molecule has 0 atom stereocenters. The zero-order valence-corrected chi connectivity index (χ0v) is 15.0. The van der Waals surface area contributed by atoms with E-state index >= 15 is 0 Å². The minimum Gasteiger partial charge on any atom is -0.443 e. The number of carbonyl (C=O) groups is 1. The Morgan fingerprint density at radius 2 is 2.13 bits per heavy atom. The number of hydrogen-bond donors (Lipinski definition) is 0. The topological polar surface area (TPSA) is 73.1 Å². The number of carbonyl (C=O) groups excluding carboxylic acids is 1. The summed E-state index contributed by atoms with van der Waals surface area (Å²) in [6.45, 7) is 6.67. The van der Waals surface area contributed by atoms with Crippen LogP contribution in [-0.2, 0) is 11.3 Å². The molecular weight excluding hydrogens is 362 g/mol. The first-order chi connectivity index (χ1) is 10.8. The van der Waals surface area contributed by atoms with E-state index in [9.17, 15) is 4.79 Å². The number of anilines is 1. The Hall–Kier alpha value is -1.96. The van der Waals surface area contributed by atoms with Crippen molar-refractivity contribution in [2.24, 2.45) is 0 Å². The van der Waals surface area contributed by atoms with Gasteiger partial charge in [0.05, 0.1) is 12.4 Å². The molecular formula is C15H20BrN5O2. The molecule has 2 aromatic heterocycles. The van der Waals surface area contributed by atoms with Crippen molar-refractivity contribution in [2.45, 2.75) is 39.3 Å². The van der Waals surface area contributed by atoms with Gasteiger partial charge in [0, 0.05) is 25.5 Å². The SMILES string of the molecule is CC(C)(C)OC(=O)N(CCCn1cccn1)c1cnc(Br)cn1. The molecule has 0 aromatic carbocycles. The number of ether oxygens (including phenoxy) is 1. The first kappa shape index (κ1) is 17.4. The highest BCUT2D eigenvalue weighted by molar-refractivity contribution is 9.10. The zero-order chi connectivity index (χ0) is 16.9. The first-order valence-corrected chi connectivity index (χ1v) is 8.10. The number of aromatic nitrogens is 4. The molecule has 0 radical (unpaired) electrons. The smallest absolute Gasteiger partial charge is 0.416 e. The fourth-order valence-corrected chi connectivity index (χ4v) is 2.09. The molecule has 0 aliphatic rings. The van der Waals surface area contributed by atoms with Gasteiger partial charge in [0.2, 0.25) is 0 Å². The van der Waals surface area contributed by atoms with Crippen molar-refractivity contribution in [3.8, 4) is 0 Å². The lowest BCUT2D eigenvalue weighted by molar-refractivity contribution is 0.0578. The summed E-state index contributed by atoms with van der Waals surface area (Å²) in [5.41, 5.74) is -0.569. The van der Waals surface area contributed by atoms with Gasteiger partial charge in [-0.15, -0.1) is 0 Å². The summed E-state index contributed by atoms with van der Waals surface area (Å²) in [7, 11) is 0. The predicted octanol–water partition coefficient (Wildman–Crippen LogP) is 3.27. The van der Waals surface area contributed by atoms with E-state index < -0.39 is 11.7 Å². The Labute approximate surface area is 143 Å². The molecule has 1 amide bonds. The van der Waals surface area contributed by atoms with E-state index in [-0.39, 0.29) is 0 Å². The molecule has 0 bridgehead atoms. The lowest BCUT2D eigenvalue weighted by atomic mass is 10.2. The summed E-state index contributed by atoms with van der Waals surface area (Å²) < 4.78 is 7.89. The maximum atomic E-state index is 12.4. The molecule has 0 spiro atoms. The van der Waals surface area contributed by atoms with Gasteiger partial charge in [0.15, 0.2) is 5.82 Å². The van der Waals surface area contributed by atoms with Crippen LogP contribution in [0.1, 0.15) is 27.2 Å². The lowest BCUT2D eigenvalue weighted by Gasteiger charge is -2.26. The van der Waals surface area contributed by atoms with E-state index in [4.69, 9.17) is 4.74 Å². The molecule has 0 unspecified atom stereocenters. The third-order valence-electron chi connectivity index (χ3n) is 2.83. The molecule has 0 aliphatic carbocycles. The quantitative estimate of drug-likeness (QED) is 0.794. The number of amides is 1. The number of aryl methyl sites for hydroxylation is 1. The minimum absolute atomic E-state index is 0.436. The average Bonchev–Trinajstić information content (AvgIpc) is 2.96. The van der Waals surface area contributed by atoms with Crippen LogP contribution in [0.3, 0.4) is 0 Å². The highest BCUT2D eigenvalue weighted by atomic mass is 79.9. The first-order valence-electron chi connectivity index (χ1n) is 7.31. The van der Waals surface area contributed by atoms with Crippen molar-refractivity contribution in [3.05, 3.63) is 35.5 Å². The van der Waals surface area contributed by atoms with E-state index in [1.54, 1.807) is 18.6 Å². The molecule has 23 heavy (non-hydrogen) atoms. The fraction of sp³-hybridized carbons (Fsp3) is 0.467. The van der Waals surface area contributed by atoms with Crippen molar-refractivity contribution in [1.82, 2.24) is 19.7 Å². The molecule has 0 fully saturated rings. The second-order valence-corrected chi connectivity index (χ2v) is 6.76. The molecule has 0 N–H and O–H groups in total. The minimum atomic E-state index is -0.569. The largest absolute Gasteiger partial charge is 0.443 e. The van der Waals surface area contributed by atoms with Gasteiger partial charge < -0.3 is 4.74 Å². The molecule has 2 heterocycles. The number of halogens is 1. The summed E-state index contributed by atoms with van der Waals surface area (Å²) in [5.74, 6) is 0.461. The van der Waals surface area contributed by atoms with Crippen molar-refractivity contribution in [2.75, 3.05) is 11.4 Å². The molecule has 2 rings (SSSR count). The summed E-state index contributed by atoms with van der Waals surface area (Å²) in [6, 6.07) is 1.87. The Morgan fingerprint density at radius 1 is 1.35 bits per heavy atom. The molecule has 124 valence electrons. The Bertz CT molecular complexity index is 622. The average molecular weight is 382 g/mol. The van der Waals surface area contributed by atoms with E-state index in [2.05, 4.69) is 31.0 Å². The van der Waals surface area contributed by atoms with E-state index in [1.165, 1.54) is 4.90 Å². The Morgan fingerprint density at radius 3 is 2.70 bits per heavy atom. The van der Waals surface area contributed by atoms with Crippen LogP contribution in [0.5, 0.6) is 0 Å². The Kier molecular flexibility index (Phi) is 5.70. The molecule has 8 heteroatoms. The van der Waals surface area contributed by atoms with Gasteiger partial charge in [-0.3, -0.25) is 9.58 Å². The fourth-order valence-electron chi connectivity index (χ4n) is 1.88. The molecule has 0 saturated carbocycles. The third-order valence-corrected chi connectivity index (χ3v) is 3.23. The summed E-state index contributed by atoms with van der Waals surface area (Å²) in [4.78, 5) is 22.3. The molecule has 7 nitrogen and oxygen atoms in total. The van der Waals surface area contributed by atoms with E-state index in [1.807, 2.05) is 37.7 Å². The number of nitrogens with zero attached hydrogens (tertiary/aromatic N) is 5. The predicted molar refractivity (Wildman–Crippen MR) is 90.2 cm³/mol. The second-order valence-electron chi connectivity index (χ2n) is 5.95. The lowest BCUT2D eigenvalue weighted by Crippen LogP contribution is -2.38. The molecule has 2 aromatic rings. The zero-order valence-electron chi connectivity index (χ0n) is 13.4. The van der Waals surface area contributed by atoms with E-state index in [0.717, 1.165) is 6.42 Å². The van der Waals surface area contributed by atoms with Crippen LogP contribution in [0.4, 0.5) is 10.6 Å². The van der Waals surface area contributed by atoms with Crippen LogP contribution in [0.15, 0.2) is 35.5 Å². The van der Waals surface area contributed by atoms with Gasteiger partial charge in [-0.25, -0.2) is 14.8 Å². The summed E-state index contributed by atoms with van der Waals surface area (Å²) >= 11 is 3.24. The number of hydrogen-bond acceptors (Lipinski definition) is 5. The van der Waals surface area contributed by atoms with E-state index in [0.29, 0.717) is 23.5 Å². The van der Waals surface area contributed by atoms with Gasteiger partial charge in [0.1, 0.15) is 10.2 Å². The maximum Gasteiger partial charge on any atom is 0.416 e. The van der Waals surface area contributed by atoms with Crippen molar-refractivity contribution < 1.29 is 9.53 Å². The standard InChI is InChI=1S/C15H20BrN5O2/c1-15(2,3)23-14(22)21(13-11-17-12(16)10-18-13)9-5-8-20-7-4-6-19-20/h4,6-7,10-11H,5,8-9H2,1-3H3. The highest BCUT2D eigenvalue weighted by Gasteiger charge is 2.24.